The predicted octanol–water partition coefficient (Wildman–Crippen LogP) is 3.24. The number of carbonyl (C=O) groups is 1. The van der Waals surface area contributed by atoms with E-state index in [0.717, 1.165) is 5.69 Å². The third-order valence-corrected chi connectivity index (χ3v) is 3.17. The molecule has 1 aromatic carbocycles. The zero-order valence-corrected chi connectivity index (χ0v) is 13.4. The van der Waals surface area contributed by atoms with Crippen molar-refractivity contribution in [2.75, 3.05) is 19.5 Å². The summed E-state index contributed by atoms with van der Waals surface area (Å²) in [5, 5.41) is 6.64. The van der Waals surface area contributed by atoms with Crippen molar-refractivity contribution in [3.05, 3.63) is 35.5 Å². The summed E-state index contributed by atoms with van der Waals surface area (Å²) in [5.74, 6) is 0.744. The highest BCUT2D eigenvalue weighted by Gasteiger charge is 2.22. The molecule has 0 bridgehead atoms. The minimum absolute atomic E-state index is 0.158. The van der Waals surface area contributed by atoms with Gasteiger partial charge in [-0.1, -0.05) is 32.0 Å². The SMILES string of the molecule is COc1cccc(OC)c1C(=O)Nc1cc(C(C)(C)C)no1. The van der Waals surface area contributed by atoms with Gasteiger partial charge in [0.2, 0.25) is 5.88 Å². The van der Waals surface area contributed by atoms with E-state index in [9.17, 15) is 4.79 Å². The van der Waals surface area contributed by atoms with E-state index in [0.29, 0.717) is 17.1 Å². The van der Waals surface area contributed by atoms with Crippen LogP contribution in [0.1, 0.15) is 36.8 Å². The van der Waals surface area contributed by atoms with Gasteiger partial charge in [-0.25, -0.2) is 0 Å². The maximum Gasteiger partial charge on any atom is 0.265 e. The smallest absolute Gasteiger partial charge is 0.265 e. The third-order valence-electron chi connectivity index (χ3n) is 3.17. The van der Waals surface area contributed by atoms with Crippen LogP contribution in [0, 0.1) is 0 Å². The van der Waals surface area contributed by atoms with Crippen LogP contribution in [0.5, 0.6) is 11.5 Å². The van der Waals surface area contributed by atoms with Gasteiger partial charge in [0.15, 0.2) is 0 Å². The summed E-state index contributed by atoms with van der Waals surface area (Å²) in [5.41, 5.74) is 0.908. The van der Waals surface area contributed by atoms with Crippen molar-refractivity contribution >= 4 is 11.8 Å². The Kier molecular flexibility index (Phi) is 4.40. The summed E-state index contributed by atoms with van der Waals surface area (Å²) < 4.78 is 15.6. The van der Waals surface area contributed by atoms with Gasteiger partial charge in [0, 0.05) is 11.5 Å². The topological polar surface area (TPSA) is 73.6 Å². The van der Waals surface area contributed by atoms with Gasteiger partial charge in [0.25, 0.3) is 5.91 Å². The highest BCUT2D eigenvalue weighted by atomic mass is 16.5. The number of ether oxygens (including phenoxy) is 2. The summed E-state index contributed by atoms with van der Waals surface area (Å²) >= 11 is 0. The number of hydrogen-bond acceptors (Lipinski definition) is 5. The molecule has 0 saturated carbocycles. The molecule has 2 rings (SSSR count). The predicted molar refractivity (Wildman–Crippen MR) is 82.7 cm³/mol. The molecule has 0 aliphatic rings. The van der Waals surface area contributed by atoms with Gasteiger partial charge in [-0.05, 0) is 12.1 Å². The highest BCUT2D eigenvalue weighted by Crippen LogP contribution is 2.30. The van der Waals surface area contributed by atoms with Crippen LogP contribution in [0.4, 0.5) is 5.88 Å². The summed E-state index contributed by atoms with van der Waals surface area (Å²) in [6.07, 6.45) is 0. The molecule has 1 heterocycles. The van der Waals surface area contributed by atoms with Crippen LogP contribution < -0.4 is 14.8 Å². The Bertz CT molecular complexity index is 649. The van der Waals surface area contributed by atoms with Crippen LogP contribution >= 0.6 is 0 Å². The summed E-state index contributed by atoms with van der Waals surface area (Å²) in [4.78, 5) is 12.5. The molecule has 1 aromatic heterocycles. The van der Waals surface area contributed by atoms with Gasteiger partial charge in [-0.2, -0.15) is 0 Å². The van der Waals surface area contributed by atoms with E-state index >= 15 is 0 Å². The van der Waals surface area contributed by atoms with Crippen molar-refractivity contribution in [1.82, 2.24) is 5.16 Å². The van der Waals surface area contributed by atoms with Crippen molar-refractivity contribution in [1.29, 1.82) is 0 Å². The molecule has 1 N–H and O–H groups in total. The van der Waals surface area contributed by atoms with Crippen molar-refractivity contribution in [3.63, 3.8) is 0 Å². The summed E-state index contributed by atoms with van der Waals surface area (Å²) in [6, 6.07) is 6.84. The van der Waals surface area contributed by atoms with Crippen molar-refractivity contribution in [2.24, 2.45) is 0 Å². The molecule has 0 spiro atoms. The number of hydrogen-bond donors (Lipinski definition) is 1. The fourth-order valence-corrected chi connectivity index (χ4v) is 1.94. The van der Waals surface area contributed by atoms with E-state index in [1.807, 2.05) is 20.8 Å². The second-order valence-electron chi connectivity index (χ2n) is 5.82. The average molecular weight is 304 g/mol. The minimum atomic E-state index is -0.383. The Morgan fingerprint density at radius 3 is 2.23 bits per heavy atom. The highest BCUT2D eigenvalue weighted by molar-refractivity contribution is 6.07. The number of nitrogens with zero attached hydrogens (tertiary/aromatic N) is 1. The normalized spacial score (nSPS) is 11.1. The van der Waals surface area contributed by atoms with Crippen LogP contribution in [0.2, 0.25) is 0 Å². The van der Waals surface area contributed by atoms with E-state index < -0.39 is 0 Å². The minimum Gasteiger partial charge on any atom is -0.496 e. The number of amides is 1. The van der Waals surface area contributed by atoms with Crippen LogP contribution in [0.25, 0.3) is 0 Å². The number of methoxy groups -OCH3 is 2. The zero-order chi connectivity index (χ0) is 16.3. The molecule has 2 aromatic rings. The second-order valence-corrected chi connectivity index (χ2v) is 5.82. The van der Waals surface area contributed by atoms with E-state index in [2.05, 4.69) is 10.5 Å². The molecule has 0 aliphatic heterocycles. The standard InChI is InChI=1S/C16H20N2O4/c1-16(2,3)12-9-13(22-18-12)17-15(19)14-10(20-4)7-6-8-11(14)21-5/h6-9H,1-5H3,(H,17,19). The first-order valence-corrected chi connectivity index (χ1v) is 6.86. The molecule has 1 amide bonds. The van der Waals surface area contributed by atoms with Gasteiger partial charge in [0.1, 0.15) is 17.1 Å². The maximum atomic E-state index is 12.5. The van der Waals surface area contributed by atoms with Crippen LogP contribution in [0.15, 0.2) is 28.8 Å². The molecule has 0 saturated heterocycles. The average Bonchev–Trinajstić information content (AvgIpc) is 2.94. The molecule has 0 atom stereocenters. The molecule has 0 aliphatic carbocycles. The quantitative estimate of drug-likeness (QED) is 0.938. The number of rotatable bonds is 4. The fraction of sp³-hybridized carbons (Fsp3) is 0.375. The number of benzene rings is 1. The lowest BCUT2D eigenvalue weighted by atomic mass is 9.92. The molecular formula is C16H20N2O4. The lowest BCUT2D eigenvalue weighted by Gasteiger charge is -2.12. The van der Waals surface area contributed by atoms with Gasteiger partial charge < -0.3 is 14.0 Å². The summed E-state index contributed by atoms with van der Waals surface area (Å²) in [6.45, 7) is 6.04. The van der Waals surface area contributed by atoms with E-state index in [4.69, 9.17) is 14.0 Å². The molecule has 6 nitrogen and oxygen atoms in total. The van der Waals surface area contributed by atoms with Crippen molar-refractivity contribution in [2.45, 2.75) is 26.2 Å². The van der Waals surface area contributed by atoms with Gasteiger partial charge in [-0.3, -0.25) is 10.1 Å². The fourth-order valence-electron chi connectivity index (χ4n) is 1.94. The lowest BCUT2D eigenvalue weighted by Crippen LogP contribution is -2.14. The Morgan fingerprint density at radius 2 is 1.77 bits per heavy atom. The van der Waals surface area contributed by atoms with Crippen LogP contribution in [0.3, 0.4) is 0 Å². The van der Waals surface area contributed by atoms with Crippen LogP contribution in [-0.4, -0.2) is 25.3 Å². The van der Waals surface area contributed by atoms with E-state index in [1.54, 1.807) is 24.3 Å². The molecule has 0 radical (unpaired) electrons. The Morgan fingerprint density at radius 1 is 1.18 bits per heavy atom. The molecular weight excluding hydrogens is 284 g/mol. The Hall–Kier alpha value is -2.50. The number of anilines is 1. The van der Waals surface area contributed by atoms with E-state index in [1.165, 1.54) is 14.2 Å². The maximum absolute atomic E-state index is 12.5. The van der Waals surface area contributed by atoms with Gasteiger partial charge >= 0.3 is 0 Å². The Balaban J connectivity index is 2.28. The van der Waals surface area contributed by atoms with Crippen molar-refractivity contribution in [3.8, 4) is 11.5 Å². The second kappa shape index (κ2) is 6.09. The number of carbonyl (C=O) groups excluding carboxylic acids is 1. The Labute approximate surface area is 129 Å². The van der Waals surface area contributed by atoms with Crippen molar-refractivity contribution < 1.29 is 18.8 Å². The zero-order valence-electron chi connectivity index (χ0n) is 13.4. The number of nitrogens with one attached hydrogen (secondary N) is 1. The third kappa shape index (κ3) is 3.21. The monoisotopic (exact) mass is 304 g/mol. The first kappa shape index (κ1) is 15.9. The van der Waals surface area contributed by atoms with Crippen LogP contribution in [-0.2, 0) is 5.41 Å². The lowest BCUT2D eigenvalue weighted by molar-refractivity contribution is 0.101. The first-order valence-electron chi connectivity index (χ1n) is 6.86. The van der Waals surface area contributed by atoms with E-state index in [-0.39, 0.29) is 17.2 Å². The molecule has 22 heavy (non-hydrogen) atoms. The molecule has 0 unspecified atom stereocenters. The van der Waals surface area contributed by atoms with Gasteiger partial charge in [-0.15, -0.1) is 0 Å². The molecule has 6 heteroatoms. The molecule has 0 fully saturated rings. The van der Waals surface area contributed by atoms with Gasteiger partial charge in [0.05, 0.1) is 19.9 Å². The first-order chi connectivity index (χ1) is 10.4. The number of aromatic nitrogens is 1. The summed E-state index contributed by atoms with van der Waals surface area (Å²) in [7, 11) is 3.00. The molecule has 118 valence electrons. The largest absolute Gasteiger partial charge is 0.496 e.